The van der Waals surface area contributed by atoms with Gasteiger partial charge >= 0.3 is 6.09 Å². The van der Waals surface area contributed by atoms with Crippen LogP contribution in [-0.4, -0.2) is 94.7 Å². The second-order valence-electron chi connectivity index (χ2n) is 16.3. The normalized spacial score (nSPS) is 22.9. The Morgan fingerprint density at radius 3 is 1.49 bits per heavy atom. The van der Waals surface area contributed by atoms with Crippen LogP contribution in [0.5, 0.6) is 0 Å². The molecule has 0 bridgehead atoms. The van der Waals surface area contributed by atoms with Gasteiger partial charge in [-0.2, -0.15) is 0 Å². The molecule has 0 aromatic heterocycles. The van der Waals surface area contributed by atoms with E-state index in [2.05, 4.69) is 0 Å². The highest BCUT2D eigenvalue weighted by atomic mass is 16.6. The van der Waals surface area contributed by atoms with Crippen molar-refractivity contribution in [1.82, 2.24) is 4.90 Å². The molecule has 2 aliphatic heterocycles. The monoisotopic (exact) mass is 859 g/mol. The lowest BCUT2D eigenvalue weighted by atomic mass is 9.89. The Balaban J connectivity index is 1.16. The van der Waals surface area contributed by atoms with Crippen LogP contribution >= 0.6 is 0 Å². The first-order valence-corrected chi connectivity index (χ1v) is 21.4. The number of amides is 1. The van der Waals surface area contributed by atoms with Crippen molar-refractivity contribution in [2.75, 3.05) is 13.2 Å². The zero-order valence-electron chi connectivity index (χ0n) is 35.7. The van der Waals surface area contributed by atoms with E-state index in [-0.39, 0.29) is 46.1 Å². The standard InChI is InChI=1S/C51H57NO11/c1-51(2)52(50(56)61-33-40-26-16-7-17-27-40)41(34-62-51)45(54)46(55)42(53)28-43-47(58-30-37-20-10-4-11-21-37)49(60-32-39-24-14-6-15-25-39)48(59-31-38-22-12-5-13-23-38)44(63-43)35-57-29-36-18-8-3-9-19-36/h3-27,41,43-49,54-55H,28-35H2,1-2H3/t41?,43-,44?,45?,46?,47?,48-,49?/m1/s1. The predicted octanol–water partition coefficient (Wildman–Crippen LogP) is 7.18. The minimum absolute atomic E-state index is 0.0141. The lowest BCUT2D eigenvalue weighted by molar-refractivity contribution is -0.272. The van der Waals surface area contributed by atoms with Gasteiger partial charge in [-0.25, -0.2) is 4.79 Å². The molecule has 0 radical (unpaired) electrons. The molecule has 0 saturated carbocycles. The lowest BCUT2D eigenvalue weighted by Gasteiger charge is -2.46. The third-order valence-corrected chi connectivity index (χ3v) is 11.4. The lowest BCUT2D eigenvalue weighted by Crippen LogP contribution is -2.62. The first-order valence-electron chi connectivity index (χ1n) is 21.4. The van der Waals surface area contributed by atoms with E-state index >= 15 is 0 Å². The maximum absolute atomic E-state index is 14.3. The van der Waals surface area contributed by atoms with Gasteiger partial charge in [0.25, 0.3) is 0 Å². The van der Waals surface area contributed by atoms with E-state index in [0.29, 0.717) is 6.61 Å². The van der Waals surface area contributed by atoms with Crippen molar-refractivity contribution in [3.63, 3.8) is 0 Å². The van der Waals surface area contributed by atoms with Crippen LogP contribution in [0.15, 0.2) is 152 Å². The largest absolute Gasteiger partial charge is 0.444 e. The maximum Gasteiger partial charge on any atom is 0.412 e. The maximum atomic E-state index is 14.3. The van der Waals surface area contributed by atoms with Crippen LogP contribution < -0.4 is 0 Å². The highest BCUT2D eigenvalue weighted by Crippen LogP contribution is 2.35. The summed E-state index contributed by atoms with van der Waals surface area (Å²) in [4.78, 5) is 29.1. The zero-order valence-corrected chi connectivity index (χ0v) is 35.7. The molecule has 2 saturated heterocycles. The highest BCUT2D eigenvalue weighted by molar-refractivity contribution is 5.84. The van der Waals surface area contributed by atoms with Gasteiger partial charge in [0.1, 0.15) is 49.0 Å². The number of hydrogen-bond acceptors (Lipinski definition) is 11. The molecular formula is C51H57NO11. The molecule has 63 heavy (non-hydrogen) atoms. The van der Waals surface area contributed by atoms with Crippen molar-refractivity contribution in [1.29, 1.82) is 0 Å². The van der Waals surface area contributed by atoms with Crippen LogP contribution in [0.25, 0.3) is 0 Å². The van der Waals surface area contributed by atoms with Gasteiger partial charge in [-0.15, -0.1) is 0 Å². The summed E-state index contributed by atoms with van der Waals surface area (Å²) in [5.41, 5.74) is 3.29. The number of benzene rings is 5. The van der Waals surface area contributed by atoms with Crippen LogP contribution in [0.3, 0.4) is 0 Å². The fourth-order valence-corrected chi connectivity index (χ4v) is 8.00. The molecule has 7 rings (SSSR count). The van der Waals surface area contributed by atoms with Crippen molar-refractivity contribution in [2.45, 2.75) is 108 Å². The Labute approximate surface area is 369 Å². The van der Waals surface area contributed by atoms with Crippen LogP contribution in [0.4, 0.5) is 4.79 Å². The van der Waals surface area contributed by atoms with Crippen LogP contribution in [-0.2, 0) is 71.0 Å². The number of hydrogen-bond donors (Lipinski definition) is 2. The van der Waals surface area contributed by atoms with Crippen molar-refractivity contribution < 1.29 is 53.0 Å². The van der Waals surface area contributed by atoms with Crippen LogP contribution in [0.2, 0.25) is 0 Å². The number of carbonyl (C=O) groups is 2. The number of aliphatic hydroxyl groups excluding tert-OH is 2. The van der Waals surface area contributed by atoms with E-state index in [4.69, 9.17) is 33.2 Å². The van der Waals surface area contributed by atoms with E-state index in [1.165, 1.54) is 4.90 Å². The topological polar surface area (TPSA) is 142 Å². The van der Waals surface area contributed by atoms with Gasteiger partial charge in [0.15, 0.2) is 5.78 Å². The summed E-state index contributed by atoms with van der Waals surface area (Å²) >= 11 is 0. The Morgan fingerprint density at radius 2 is 1.02 bits per heavy atom. The molecule has 8 atom stereocenters. The van der Waals surface area contributed by atoms with Crippen molar-refractivity contribution in [2.24, 2.45) is 0 Å². The van der Waals surface area contributed by atoms with Gasteiger partial charge < -0.3 is 43.4 Å². The van der Waals surface area contributed by atoms with Crippen molar-refractivity contribution >= 4 is 11.9 Å². The van der Waals surface area contributed by atoms with Gasteiger partial charge in [0.05, 0.1) is 51.8 Å². The molecule has 332 valence electrons. The van der Waals surface area contributed by atoms with Crippen LogP contribution in [0, 0.1) is 0 Å². The summed E-state index contributed by atoms with van der Waals surface area (Å²) in [6, 6.07) is 47.0. The quantitative estimate of drug-likeness (QED) is 0.0822. The molecule has 2 N–H and O–H groups in total. The average Bonchev–Trinajstić information content (AvgIpc) is 3.64. The molecule has 12 nitrogen and oxygen atoms in total. The fraction of sp³-hybridized carbons (Fsp3) is 0.373. The van der Waals surface area contributed by atoms with E-state index in [9.17, 15) is 19.8 Å². The second-order valence-corrected chi connectivity index (χ2v) is 16.3. The summed E-state index contributed by atoms with van der Waals surface area (Å²) in [6.45, 7) is 4.14. The SMILES string of the molecule is CC1(C)OCC(C(O)C(O)C(=O)C[C@H]2OC(COCc3ccccc3)[C@@H](OCc3ccccc3)C(OCc3ccccc3)C2OCc2ccccc2)N1C(=O)OCc1ccccc1. The molecular weight excluding hydrogens is 803 g/mol. The summed E-state index contributed by atoms with van der Waals surface area (Å²) in [5, 5.41) is 23.3. The summed E-state index contributed by atoms with van der Waals surface area (Å²) in [7, 11) is 0. The van der Waals surface area contributed by atoms with E-state index in [1.54, 1.807) is 13.8 Å². The molecule has 12 heteroatoms. The summed E-state index contributed by atoms with van der Waals surface area (Å²) in [6.07, 6.45) is -8.97. The molecule has 6 unspecified atom stereocenters. The first kappa shape index (κ1) is 45.7. The molecule has 2 aliphatic rings. The Hall–Kier alpha value is -5.28. The predicted molar refractivity (Wildman–Crippen MR) is 234 cm³/mol. The van der Waals surface area contributed by atoms with Gasteiger partial charge in [-0.05, 0) is 41.7 Å². The molecule has 1 amide bonds. The Morgan fingerprint density at radius 1 is 0.603 bits per heavy atom. The van der Waals surface area contributed by atoms with E-state index in [0.717, 1.165) is 27.8 Å². The van der Waals surface area contributed by atoms with E-state index < -0.39 is 66.4 Å². The number of rotatable bonds is 20. The Kier molecular flexibility index (Phi) is 16.2. The number of ketones is 1. The number of ether oxygens (including phenoxy) is 7. The third-order valence-electron chi connectivity index (χ3n) is 11.4. The van der Waals surface area contributed by atoms with Crippen molar-refractivity contribution in [3.05, 3.63) is 179 Å². The zero-order chi connectivity index (χ0) is 44.0. The molecule has 0 aliphatic carbocycles. The number of carbonyl (C=O) groups excluding carboxylic acids is 2. The number of Topliss-reactive ketones (excluding diaryl/α,β-unsaturated/α-hetero) is 1. The molecule has 2 fully saturated rings. The first-order chi connectivity index (χ1) is 30.7. The number of nitrogens with zero attached hydrogens (tertiary/aromatic N) is 1. The van der Waals surface area contributed by atoms with Crippen LogP contribution in [0.1, 0.15) is 48.1 Å². The van der Waals surface area contributed by atoms with E-state index in [1.807, 2.05) is 152 Å². The van der Waals surface area contributed by atoms with Gasteiger partial charge in [-0.1, -0.05) is 152 Å². The summed E-state index contributed by atoms with van der Waals surface area (Å²) in [5.74, 6) is -0.725. The van der Waals surface area contributed by atoms with Gasteiger partial charge in [0, 0.05) is 6.42 Å². The third kappa shape index (κ3) is 12.5. The average molecular weight is 860 g/mol. The van der Waals surface area contributed by atoms with Crippen molar-refractivity contribution in [3.8, 4) is 0 Å². The smallest absolute Gasteiger partial charge is 0.412 e. The molecule has 5 aromatic rings. The molecule has 0 spiro atoms. The van der Waals surface area contributed by atoms with Gasteiger partial charge in [-0.3, -0.25) is 9.69 Å². The molecule has 2 heterocycles. The van der Waals surface area contributed by atoms with Gasteiger partial charge in [0.2, 0.25) is 0 Å². The fourth-order valence-electron chi connectivity index (χ4n) is 8.00. The molecule has 5 aromatic carbocycles. The number of aliphatic hydroxyl groups is 2. The second kappa shape index (κ2) is 22.4. The highest BCUT2D eigenvalue weighted by Gasteiger charge is 2.52. The summed E-state index contributed by atoms with van der Waals surface area (Å²) < 4.78 is 44.9. The Bertz CT molecular complexity index is 2130. The minimum Gasteiger partial charge on any atom is -0.444 e. The minimum atomic E-state index is -1.93.